The molecular formula is C18H35NO. The van der Waals surface area contributed by atoms with E-state index in [-0.39, 0.29) is 6.10 Å². The van der Waals surface area contributed by atoms with E-state index < -0.39 is 0 Å². The summed E-state index contributed by atoms with van der Waals surface area (Å²) in [7, 11) is 0. The zero-order chi connectivity index (χ0) is 14.0. The summed E-state index contributed by atoms with van der Waals surface area (Å²) in [6, 6.07) is 1.29. The van der Waals surface area contributed by atoms with E-state index in [1.54, 1.807) is 0 Å². The highest BCUT2D eigenvalue weighted by Gasteiger charge is 2.22. The average Bonchev–Trinajstić information content (AvgIpc) is 2.42. The molecule has 2 atom stereocenters. The molecule has 0 heterocycles. The standard InChI is InChI=1S/C18H35NO/c20-18-14-10-13-17(15-18)19-16-11-8-6-4-2-1-3-5-7-9-12-16/h16-20H,1-15H2. The number of aliphatic hydroxyl groups excluding tert-OH is 1. The molecule has 2 saturated carbocycles. The molecular weight excluding hydrogens is 246 g/mol. The molecule has 2 heteroatoms. The Morgan fingerprint density at radius 3 is 1.60 bits per heavy atom. The Hall–Kier alpha value is -0.0800. The van der Waals surface area contributed by atoms with Crippen LogP contribution in [0.15, 0.2) is 0 Å². The SMILES string of the molecule is OC1CCCC(NC2CCCCCCCCCCC2)C1. The lowest BCUT2D eigenvalue weighted by Gasteiger charge is -2.31. The third-order valence-corrected chi connectivity index (χ3v) is 5.22. The molecule has 2 aliphatic rings. The minimum absolute atomic E-state index is 0.0486. The van der Waals surface area contributed by atoms with E-state index in [1.807, 2.05) is 0 Å². The van der Waals surface area contributed by atoms with Crippen LogP contribution in [0.5, 0.6) is 0 Å². The van der Waals surface area contributed by atoms with Gasteiger partial charge in [-0.1, -0.05) is 57.8 Å². The second kappa shape index (κ2) is 9.78. The van der Waals surface area contributed by atoms with Crippen LogP contribution < -0.4 is 5.32 Å². The number of rotatable bonds is 2. The van der Waals surface area contributed by atoms with Crippen LogP contribution in [0.4, 0.5) is 0 Å². The maximum absolute atomic E-state index is 9.82. The number of hydrogen-bond acceptors (Lipinski definition) is 2. The third-order valence-electron chi connectivity index (χ3n) is 5.22. The molecule has 0 spiro atoms. The lowest BCUT2D eigenvalue weighted by molar-refractivity contribution is 0.107. The van der Waals surface area contributed by atoms with Gasteiger partial charge in [-0.3, -0.25) is 0 Å². The molecule has 20 heavy (non-hydrogen) atoms. The van der Waals surface area contributed by atoms with Gasteiger partial charge in [-0.05, 0) is 38.5 Å². The van der Waals surface area contributed by atoms with Crippen molar-refractivity contribution in [3.05, 3.63) is 0 Å². The monoisotopic (exact) mass is 281 g/mol. The summed E-state index contributed by atoms with van der Waals surface area (Å²) in [5.41, 5.74) is 0. The van der Waals surface area contributed by atoms with E-state index in [0.717, 1.165) is 12.8 Å². The topological polar surface area (TPSA) is 32.3 Å². The van der Waals surface area contributed by atoms with Gasteiger partial charge in [-0.2, -0.15) is 0 Å². The van der Waals surface area contributed by atoms with E-state index >= 15 is 0 Å². The predicted octanol–water partition coefficient (Wildman–Crippen LogP) is 4.55. The Morgan fingerprint density at radius 1 is 0.550 bits per heavy atom. The molecule has 0 aliphatic heterocycles. The van der Waals surface area contributed by atoms with Crippen molar-refractivity contribution in [3.8, 4) is 0 Å². The van der Waals surface area contributed by atoms with E-state index in [4.69, 9.17) is 0 Å². The van der Waals surface area contributed by atoms with Crippen LogP contribution in [0, 0.1) is 0 Å². The summed E-state index contributed by atoms with van der Waals surface area (Å²) < 4.78 is 0. The van der Waals surface area contributed by atoms with Gasteiger partial charge in [0.15, 0.2) is 0 Å². The fourth-order valence-electron chi connectivity index (χ4n) is 3.98. The zero-order valence-electron chi connectivity index (χ0n) is 13.3. The zero-order valence-corrected chi connectivity index (χ0v) is 13.3. The molecule has 0 aromatic heterocycles. The molecule has 0 radical (unpaired) electrons. The minimum Gasteiger partial charge on any atom is -0.393 e. The Morgan fingerprint density at radius 2 is 1.05 bits per heavy atom. The predicted molar refractivity (Wildman–Crippen MR) is 86.0 cm³/mol. The second-order valence-electron chi connectivity index (χ2n) is 7.14. The molecule has 0 aromatic rings. The Labute approximate surface area is 125 Å². The number of aliphatic hydroxyl groups is 1. The van der Waals surface area contributed by atoms with Crippen molar-refractivity contribution in [2.75, 3.05) is 0 Å². The summed E-state index contributed by atoms with van der Waals surface area (Å²) in [6.07, 6.45) is 20.0. The highest BCUT2D eigenvalue weighted by Crippen LogP contribution is 2.22. The molecule has 0 bridgehead atoms. The van der Waals surface area contributed by atoms with Crippen LogP contribution in [0.3, 0.4) is 0 Å². The van der Waals surface area contributed by atoms with Crippen LogP contribution in [-0.4, -0.2) is 23.3 Å². The molecule has 2 N–H and O–H groups in total. The summed E-state index contributed by atoms with van der Waals surface area (Å²) in [5, 5.41) is 13.7. The number of nitrogens with one attached hydrogen (secondary N) is 1. The molecule has 118 valence electrons. The summed E-state index contributed by atoms with van der Waals surface area (Å²) in [5.74, 6) is 0. The molecule has 0 saturated heterocycles. The molecule has 0 aromatic carbocycles. The minimum atomic E-state index is -0.0486. The molecule has 2 rings (SSSR count). The van der Waals surface area contributed by atoms with Gasteiger partial charge < -0.3 is 10.4 Å². The van der Waals surface area contributed by atoms with E-state index in [1.165, 1.54) is 83.5 Å². The fourth-order valence-corrected chi connectivity index (χ4v) is 3.98. The van der Waals surface area contributed by atoms with Crippen LogP contribution in [0.25, 0.3) is 0 Å². The lowest BCUT2D eigenvalue weighted by Crippen LogP contribution is -2.42. The molecule has 2 fully saturated rings. The first-order valence-electron chi connectivity index (χ1n) is 9.29. The number of hydrogen-bond donors (Lipinski definition) is 2. The summed E-state index contributed by atoms with van der Waals surface area (Å²) >= 11 is 0. The van der Waals surface area contributed by atoms with Crippen molar-refractivity contribution in [1.29, 1.82) is 0 Å². The van der Waals surface area contributed by atoms with Crippen molar-refractivity contribution < 1.29 is 5.11 Å². The van der Waals surface area contributed by atoms with Crippen molar-refractivity contribution in [1.82, 2.24) is 5.32 Å². The molecule has 2 aliphatic carbocycles. The smallest absolute Gasteiger partial charge is 0.0555 e. The van der Waals surface area contributed by atoms with Crippen LogP contribution in [0.1, 0.15) is 96.3 Å². The lowest BCUT2D eigenvalue weighted by atomic mass is 9.91. The maximum atomic E-state index is 9.82. The van der Waals surface area contributed by atoms with Gasteiger partial charge in [-0.15, -0.1) is 0 Å². The van der Waals surface area contributed by atoms with Crippen molar-refractivity contribution in [3.63, 3.8) is 0 Å². The van der Waals surface area contributed by atoms with Gasteiger partial charge in [0, 0.05) is 12.1 Å². The Kier molecular flexibility index (Phi) is 7.97. The van der Waals surface area contributed by atoms with Gasteiger partial charge in [-0.25, -0.2) is 0 Å². The average molecular weight is 281 g/mol. The van der Waals surface area contributed by atoms with Gasteiger partial charge >= 0.3 is 0 Å². The van der Waals surface area contributed by atoms with Gasteiger partial charge in [0.2, 0.25) is 0 Å². The fraction of sp³-hybridized carbons (Fsp3) is 1.00. The second-order valence-corrected chi connectivity index (χ2v) is 7.14. The first kappa shape index (κ1) is 16.3. The van der Waals surface area contributed by atoms with Crippen molar-refractivity contribution in [2.45, 2.75) is 114 Å². The first-order chi connectivity index (χ1) is 9.84. The molecule has 0 amide bonds. The van der Waals surface area contributed by atoms with Crippen molar-refractivity contribution in [2.24, 2.45) is 0 Å². The summed E-state index contributed by atoms with van der Waals surface area (Å²) in [4.78, 5) is 0. The van der Waals surface area contributed by atoms with Gasteiger partial charge in [0.25, 0.3) is 0 Å². The Balaban J connectivity index is 1.73. The summed E-state index contributed by atoms with van der Waals surface area (Å²) in [6.45, 7) is 0. The van der Waals surface area contributed by atoms with Gasteiger partial charge in [0.05, 0.1) is 6.10 Å². The van der Waals surface area contributed by atoms with Gasteiger partial charge in [0.1, 0.15) is 0 Å². The van der Waals surface area contributed by atoms with Crippen LogP contribution in [0.2, 0.25) is 0 Å². The van der Waals surface area contributed by atoms with Crippen LogP contribution in [-0.2, 0) is 0 Å². The van der Waals surface area contributed by atoms with E-state index in [2.05, 4.69) is 5.32 Å². The maximum Gasteiger partial charge on any atom is 0.0555 e. The first-order valence-corrected chi connectivity index (χ1v) is 9.29. The third kappa shape index (κ3) is 6.58. The highest BCUT2D eigenvalue weighted by molar-refractivity contribution is 4.81. The Bertz CT molecular complexity index is 232. The largest absolute Gasteiger partial charge is 0.393 e. The van der Waals surface area contributed by atoms with Crippen molar-refractivity contribution >= 4 is 0 Å². The molecule has 2 nitrogen and oxygen atoms in total. The highest BCUT2D eigenvalue weighted by atomic mass is 16.3. The van der Waals surface area contributed by atoms with E-state index in [0.29, 0.717) is 12.1 Å². The van der Waals surface area contributed by atoms with Crippen LogP contribution >= 0.6 is 0 Å². The normalized spacial score (nSPS) is 32.2. The van der Waals surface area contributed by atoms with E-state index in [9.17, 15) is 5.11 Å². The molecule has 2 unspecified atom stereocenters. The quantitative estimate of drug-likeness (QED) is 0.778.